The van der Waals surface area contributed by atoms with Crippen LogP contribution >= 0.6 is 11.3 Å². The molecule has 1 aromatic rings. The van der Waals surface area contributed by atoms with Gasteiger partial charge in [-0.3, -0.25) is 0 Å². The number of carboxylic acid groups (broad SMARTS) is 1. The van der Waals surface area contributed by atoms with Gasteiger partial charge in [0.1, 0.15) is 19.6 Å². The molecule has 0 aliphatic carbocycles. The molecule has 7 nitrogen and oxygen atoms in total. The minimum absolute atomic E-state index is 0.290. The molecule has 0 aliphatic heterocycles. The van der Waals surface area contributed by atoms with Crippen LogP contribution in [0.3, 0.4) is 0 Å². The summed E-state index contributed by atoms with van der Waals surface area (Å²) in [5.74, 6) is -1.70. The van der Waals surface area contributed by atoms with E-state index in [1.165, 1.54) is 19.2 Å². The molecule has 10 heteroatoms. The summed E-state index contributed by atoms with van der Waals surface area (Å²) in [7, 11) is -7.42. The molecule has 20 heavy (non-hydrogen) atoms. The lowest BCUT2D eigenvalue weighted by molar-refractivity contribution is 0.0698. The smallest absolute Gasteiger partial charge is 0.347 e. The number of sulfone groups is 1. The summed E-state index contributed by atoms with van der Waals surface area (Å²) >= 11 is 0.814. The standard InChI is InChI=1S/C10H15NO6S3/c1-6-4-18-8(10(12)13)9(6)20(16,17)11-7(2)5-19(3,14)15/h4,7,11H,5H2,1-3H3,(H,12,13). The van der Waals surface area contributed by atoms with Crippen LogP contribution in [0.5, 0.6) is 0 Å². The Kier molecular flexibility index (Phi) is 4.95. The predicted octanol–water partition coefficient (Wildman–Crippen LogP) is 0.466. The van der Waals surface area contributed by atoms with Gasteiger partial charge in [0, 0.05) is 12.3 Å². The lowest BCUT2D eigenvalue weighted by atomic mass is 10.3. The van der Waals surface area contributed by atoms with E-state index in [2.05, 4.69) is 4.72 Å². The number of sulfonamides is 1. The molecular formula is C10H15NO6S3. The first-order chi connectivity index (χ1) is 8.94. The van der Waals surface area contributed by atoms with Crippen LogP contribution in [0.4, 0.5) is 0 Å². The fourth-order valence-electron chi connectivity index (χ4n) is 1.73. The van der Waals surface area contributed by atoms with E-state index >= 15 is 0 Å². The van der Waals surface area contributed by atoms with Crippen LogP contribution in [-0.4, -0.2) is 46.0 Å². The van der Waals surface area contributed by atoms with E-state index in [4.69, 9.17) is 5.11 Å². The largest absolute Gasteiger partial charge is 0.477 e. The number of aryl methyl sites for hydroxylation is 1. The number of hydrogen-bond acceptors (Lipinski definition) is 6. The first kappa shape index (κ1) is 17.1. The highest BCUT2D eigenvalue weighted by molar-refractivity contribution is 7.91. The molecule has 0 saturated carbocycles. The van der Waals surface area contributed by atoms with Gasteiger partial charge >= 0.3 is 5.97 Å². The Labute approximate surface area is 121 Å². The molecule has 1 atom stereocenters. The molecule has 0 aromatic carbocycles. The molecule has 1 aromatic heterocycles. The van der Waals surface area contributed by atoms with E-state index in [0.717, 1.165) is 17.6 Å². The van der Waals surface area contributed by atoms with Crippen LogP contribution in [0.15, 0.2) is 10.3 Å². The lowest BCUT2D eigenvalue weighted by Gasteiger charge is -2.13. The second-order valence-corrected chi connectivity index (χ2v) is 9.21. The quantitative estimate of drug-likeness (QED) is 0.776. The minimum atomic E-state index is -4.08. The average molecular weight is 341 g/mol. The van der Waals surface area contributed by atoms with Gasteiger partial charge in [0.25, 0.3) is 0 Å². The average Bonchev–Trinajstić information content (AvgIpc) is 2.56. The number of rotatable bonds is 6. The zero-order valence-electron chi connectivity index (χ0n) is 11.1. The highest BCUT2D eigenvalue weighted by Crippen LogP contribution is 2.26. The van der Waals surface area contributed by atoms with Crippen molar-refractivity contribution in [1.29, 1.82) is 0 Å². The topological polar surface area (TPSA) is 118 Å². The van der Waals surface area contributed by atoms with Crippen molar-refractivity contribution >= 4 is 37.2 Å². The van der Waals surface area contributed by atoms with Crippen molar-refractivity contribution in [2.24, 2.45) is 0 Å². The maximum absolute atomic E-state index is 12.2. The van der Waals surface area contributed by atoms with E-state index < -0.39 is 31.9 Å². The van der Waals surface area contributed by atoms with Gasteiger partial charge in [0.2, 0.25) is 10.0 Å². The van der Waals surface area contributed by atoms with Crippen molar-refractivity contribution < 1.29 is 26.7 Å². The van der Waals surface area contributed by atoms with E-state index in [1.54, 1.807) is 0 Å². The van der Waals surface area contributed by atoms with Gasteiger partial charge in [-0.15, -0.1) is 11.3 Å². The highest BCUT2D eigenvalue weighted by Gasteiger charge is 2.28. The third kappa shape index (κ3) is 4.27. The third-order valence-electron chi connectivity index (χ3n) is 2.29. The van der Waals surface area contributed by atoms with Crippen molar-refractivity contribution in [2.75, 3.05) is 12.0 Å². The van der Waals surface area contributed by atoms with Gasteiger partial charge in [-0.25, -0.2) is 26.4 Å². The van der Waals surface area contributed by atoms with Crippen molar-refractivity contribution in [3.05, 3.63) is 15.8 Å². The number of hydrogen-bond donors (Lipinski definition) is 2. The Bertz CT molecular complexity index is 716. The summed E-state index contributed by atoms with van der Waals surface area (Å²) in [6.07, 6.45) is 0.996. The maximum Gasteiger partial charge on any atom is 0.347 e. The molecule has 0 saturated heterocycles. The van der Waals surface area contributed by atoms with Crippen molar-refractivity contribution in [3.8, 4) is 0 Å². The number of nitrogens with one attached hydrogen (secondary N) is 1. The van der Waals surface area contributed by atoms with E-state index in [9.17, 15) is 21.6 Å². The van der Waals surface area contributed by atoms with Crippen LogP contribution in [-0.2, 0) is 19.9 Å². The summed E-state index contributed by atoms with van der Waals surface area (Å²) in [6, 6.07) is -0.851. The molecule has 1 rings (SSSR count). The van der Waals surface area contributed by atoms with Crippen LogP contribution in [0.2, 0.25) is 0 Å². The van der Waals surface area contributed by atoms with Crippen LogP contribution in [0, 0.1) is 6.92 Å². The van der Waals surface area contributed by atoms with Gasteiger partial charge in [-0.1, -0.05) is 0 Å². The molecule has 114 valence electrons. The summed E-state index contributed by atoms with van der Waals surface area (Å²) < 4.78 is 48.8. The molecule has 0 amide bonds. The monoisotopic (exact) mass is 341 g/mol. The van der Waals surface area contributed by atoms with E-state index in [-0.39, 0.29) is 15.5 Å². The fourth-order valence-corrected chi connectivity index (χ4v) is 5.70. The minimum Gasteiger partial charge on any atom is -0.477 e. The Hall–Kier alpha value is -0.970. The van der Waals surface area contributed by atoms with E-state index in [1.807, 2.05) is 0 Å². The zero-order chi connectivity index (χ0) is 15.7. The number of aromatic carboxylic acids is 1. The second-order valence-electron chi connectivity index (χ2n) is 4.50. The molecule has 2 N–H and O–H groups in total. The SMILES string of the molecule is Cc1csc(C(=O)O)c1S(=O)(=O)NC(C)CS(C)(=O)=O. The predicted molar refractivity (Wildman–Crippen MR) is 75.5 cm³/mol. The summed E-state index contributed by atoms with van der Waals surface area (Å²) in [5.41, 5.74) is 0.312. The zero-order valence-corrected chi connectivity index (χ0v) is 13.5. The molecule has 1 heterocycles. The fraction of sp³-hybridized carbons (Fsp3) is 0.500. The Balaban J connectivity index is 3.13. The Morgan fingerprint density at radius 3 is 2.40 bits per heavy atom. The molecule has 0 spiro atoms. The van der Waals surface area contributed by atoms with Gasteiger partial charge in [0.15, 0.2) is 0 Å². The molecule has 0 bridgehead atoms. The Morgan fingerprint density at radius 1 is 1.40 bits per heavy atom. The van der Waals surface area contributed by atoms with Gasteiger partial charge < -0.3 is 5.11 Å². The molecule has 0 radical (unpaired) electrons. The number of carbonyl (C=O) groups is 1. The third-order valence-corrected chi connectivity index (χ3v) is 6.39. The maximum atomic E-state index is 12.2. The van der Waals surface area contributed by atoms with Gasteiger partial charge in [0.05, 0.1) is 5.75 Å². The molecule has 0 aliphatic rings. The number of carboxylic acids is 1. The summed E-state index contributed by atoms with van der Waals surface area (Å²) in [6.45, 7) is 2.89. The van der Waals surface area contributed by atoms with Gasteiger partial charge in [-0.05, 0) is 24.8 Å². The normalized spacial score (nSPS) is 14.2. The van der Waals surface area contributed by atoms with Crippen molar-refractivity contribution in [3.63, 3.8) is 0 Å². The van der Waals surface area contributed by atoms with Crippen LogP contribution in [0.1, 0.15) is 22.2 Å². The van der Waals surface area contributed by atoms with Crippen LogP contribution < -0.4 is 4.72 Å². The van der Waals surface area contributed by atoms with Crippen LogP contribution in [0.25, 0.3) is 0 Å². The first-order valence-electron chi connectivity index (χ1n) is 5.45. The molecular weight excluding hydrogens is 326 g/mol. The second kappa shape index (κ2) is 5.80. The lowest BCUT2D eigenvalue weighted by Crippen LogP contribution is -2.37. The van der Waals surface area contributed by atoms with Crippen molar-refractivity contribution in [2.45, 2.75) is 24.8 Å². The Morgan fingerprint density at radius 2 is 1.95 bits per heavy atom. The molecule has 1 unspecified atom stereocenters. The summed E-state index contributed by atoms with van der Waals surface area (Å²) in [5, 5.41) is 10.4. The molecule has 0 fully saturated rings. The summed E-state index contributed by atoms with van der Waals surface area (Å²) in [4.78, 5) is 10.4. The van der Waals surface area contributed by atoms with Gasteiger partial charge in [-0.2, -0.15) is 0 Å². The highest BCUT2D eigenvalue weighted by atomic mass is 32.2. The first-order valence-corrected chi connectivity index (χ1v) is 9.88. The van der Waals surface area contributed by atoms with E-state index in [0.29, 0.717) is 5.56 Å². The van der Waals surface area contributed by atoms with Crippen molar-refractivity contribution in [1.82, 2.24) is 4.72 Å². The number of thiophene rings is 1.